The maximum absolute atomic E-state index is 12.7. The number of methoxy groups -OCH3 is 2. The average Bonchev–Trinajstić information content (AvgIpc) is 3.21. The van der Waals surface area contributed by atoms with Crippen molar-refractivity contribution in [3.8, 4) is 11.5 Å². The van der Waals surface area contributed by atoms with E-state index in [9.17, 15) is 9.59 Å². The minimum absolute atomic E-state index is 0.198. The topological polar surface area (TPSA) is 99.7 Å². The number of hydrogen-bond donors (Lipinski definition) is 1. The number of para-hydroxylation sites is 1. The molecule has 1 aromatic carbocycles. The third kappa shape index (κ3) is 3.28. The molecule has 0 saturated carbocycles. The van der Waals surface area contributed by atoms with Crippen molar-refractivity contribution >= 4 is 33.1 Å². The van der Waals surface area contributed by atoms with Crippen LogP contribution >= 0.6 is 11.3 Å². The summed E-state index contributed by atoms with van der Waals surface area (Å²) in [7, 11) is 3.10. The van der Waals surface area contributed by atoms with Crippen molar-refractivity contribution in [1.29, 1.82) is 0 Å². The van der Waals surface area contributed by atoms with E-state index >= 15 is 0 Å². The van der Waals surface area contributed by atoms with Crippen LogP contribution in [0.25, 0.3) is 15.9 Å². The summed E-state index contributed by atoms with van der Waals surface area (Å²) in [5, 5.41) is 8.04. The Bertz CT molecular complexity index is 1320. The highest BCUT2D eigenvalue weighted by Crippen LogP contribution is 2.31. The molecule has 0 spiro atoms. The fourth-order valence-electron chi connectivity index (χ4n) is 3.35. The van der Waals surface area contributed by atoms with Crippen molar-refractivity contribution in [2.75, 3.05) is 14.2 Å². The van der Waals surface area contributed by atoms with Crippen molar-refractivity contribution in [1.82, 2.24) is 24.5 Å². The molecule has 0 aliphatic rings. The van der Waals surface area contributed by atoms with Gasteiger partial charge < -0.3 is 14.8 Å². The number of benzene rings is 1. The molecule has 3 heterocycles. The highest BCUT2D eigenvalue weighted by atomic mass is 32.1. The molecule has 0 saturated heterocycles. The summed E-state index contributed by atoms with van der Waals surface area (Å²) < 4.78 is 13.2. The van der Waals surface area contributed by atoms with Crippen LogP contribution in [-0.4, -0.2) is 39.3 Å². The van der Waals surface area contributed by atoms with Gasteiger partial charge in [-0.1, -0.05) is 12.1 Å². The highest BCUT2D eigenvalue weighted by Gasteiger charge is 2.17. The molecule has 0 radical (unpaired) electrons. The van der Waals surface area contributed by atoms with E-state index in [-0.39, 0.29) is 19.0 Å². The van der Waals surface area contributed by atoms with Crippen LogP contribution < -0.4 is 20.5 Å². The first-order valence-corrected chi connectivity index (χ1v) is 10.1. The largest absolute Gasteiger partial charge is 0.493 e. The van der Waals surface area contributed by atoms with Gasteiger partial charge in [-0.25, -0.2) is 18.9 Å². The smallest absolute Gasteiger partial charge is 0.352 e. The zero-order valence-electron chi connectivity index (χ0n) is 17.1. The molecule has 30 heavy (non-hydrogen) atoms. The van der Waals surface area contributed by atoms with Gasteiger partial charge in [-0.3, -0.25) is 4.79 Å². The number of fused-ring (bicyclic) bond motifs is 3. The van der Waals surface area contributed by atoms with E-state index in [1.807, 2.05) is 26.0 Å². The lowest BCUT2D eigenvalue weighted by Gasteiger charge is -2.13. The number of carbonyl (C=O) groups excluding carboxylic acids is 1. The van der Waals surface area contributed by atoms with Gasteiger partial charge in [0.25, 0.3) is 0 Å². The third-order valence-corrected chi connectivity index (χ3v) is 6.12. The molecule has 0 aliphatic heterocycles. The molecule has 4 rings (SSSR count). The van der Waals surface area contributed by atoms with Gasteiger partial charge in [-0.15, -0.1) is 16.4 Å². The van der Waals surface area contributed by atoms with Crippen LogP contribution in [0, 0.1) is 13.8 Å². The lowest BCUT2D eigenvalue weighted by Crippen LogP contribution is -2.32. The second-order valence-corrected chi connectivity index (χ2v) is 7.97. The molecule has 0 aliphatic carbocycles. The number of rotatable bonds is 6. The van der Waals surface area contributed by atoms with Gasteiger partial charge in [-0.2, -0.15) is 0 Å². The van der Waals surface area contributed by atoms with Crippen molar-refractivity contribution < 1.29 is 14.3 Å². The summed E-state index contributed by atoms with van der Waals surface area (Å²) in [4.78, 5) is 31.5. The molecule has 0 unspecified atom stereocenters. The number of hydrogen-bond acceptors (Lipinski definition) is 7. The van der Waals surface area contributed by atoms with Gasteiger partial charge in [0, 0.05) is 17.0 Å². The van der Waals surface area contributed by atoms with Crippen molar-refractivity contribution in [2.45, 2.75) is 26.9 Å². The number of nitrogens with one attached hydrogen (secondary N) is 1. The van der Waals surface area contributed by atoms with Crippen molar-refractivity contribution in [2.24, 2.45) is 0 Å². The Morgan fingerprint density at radius 1 is 1.23 bits per heavy atom. The average molecular weight is 427 g/mol. The lowest BCUT2D eigenvalue weighted by molar-refractivity contribution is -0.122. The Labute approximate surface area is 175 Å². The molecule has 0 fully saturated rings. The molecule has 4 aromatic rings. The van der Waals surface area contributed by atoms with Gasteiger partial charge in [0.2, 0.25) is 5.91 Å². The summed E-state index contributed by atoms with van der Waals surface area (Å²) in [6, 6.07) is 5.44. The molecule has 3 aromatic heterocycles. The molecule has 1 amide bonds. The lowest BCUT2D eigenvalue weighted by atomic mass is 10.2. The molecular weight excluding hydrogens is 406 g/mol. The zero-order chi connectivity index (χ0) is 21.4. The van der Waals surface area contributed by atoms with Gasteiger partial charge >= 0.3 is 5.69 Å². The van der Waals surface area contributed by atoms with E-state index in [4.69, 9.17) is 9.47 Å². The first kappa shape index (κ1) is 19.9. The number of nitrogens with zero attached hydrogens (tertiary/aromatic N) is 4. The molecule has 0 atom stereocenters. The van der Waals surface area contributed by atoms with Crippen LogP contribution in [0.2, 0.25) is 0 Å². The number of thiophene rings is 1. The first-order valence-electron chi connectivity index (χ1n) is 9.25. The Morgan fingerprint density at radius 2 is 2.03 bits per heavy atom. The fourth-order valence-corrected chi connectivity index (χ4v) is 4.34. The normalized spacial score (nSPS) is 11.2. The second-order valence-electron chi connectivity index (χ2n) is 6.77. The Kier molecular flexibility index (Phi) is 5.17. The van der Waals surface area contributed by atoms with Crippen LogP contribution in [0.5, 0.6) is 11.5 Å². The van der Waals surface area contributed by atoms with Crippen LogP contribution in [0.3, 0.4) is 0 Å². The summed E-state index contributed by atoms with van der Waals surface area (Å²) in [5.74, 6) is 0.800. The Morgan fingerprint density at radius 3 is 2.77 bits per heavy atom. The molecule has 156 valence electrons. The minimum atomic E-state index is -0.406. The van der Waals surface area contributed by atoms with E-state index in [2.05, 4.69) is 15.4 Å². The predicted molar refractivity (Wildman–Crippen MR) is 113 cm³/mol. The van der Waals surface area contributed by atoms with E-state index in [0.29, 0.717) is 17.1 Å². The van der Waals surface area contributed by atoms with Crippen LogP contribution in [0.1, 0.15) is 16.0 Å². The zero-order valence-corrected chi connectivity index (χ0v) is 17.9. The number of amides is 1. The number of carbonyl (C=O) groups is 1. The molecule has 10 heteroatoms. The highest BCUT2D eigenvalue weighted by molar-refractivity contribution is 7.18. The quantitative estimate of drug-likeness (QED) is 0.506. The van der Waals surface area contributed by atoms with Crippen molar-refractivity contribution in [3.05, 3.63) is 51.0 Å². The predicted octanol–water partition coefficient (Wildman–Crippen LogP) is 2.06. The fraction of sp³-hybridized carbons (Fsp3) is 0.300. The van der Waals surface area contributed by atoms with Gasteiger partial charge in [0.1, 0.15) is 17.7 Å². The molecule has 9 nitrogen and oxygen atoms in total. The summed E-state index contributed by atoms with van der Waals surface area (Å²) >= 11 is 1.56. The second kappa shape index (κ2) is 7.79. The van der Waals surface area contributed by atoms with E-state index in [1.54, 1.807) is 31.6 Å². The van der Waals surface area contributed by atoms with Crippen LogP contribution in [0.15, 0.2) is 29.3 Å². The maximum Gasteiger partial charge on any atom is 0.352 e. The monoisotopic (exact) mass is 427 g/mol. The summed E-state index contributed by atoms with van der Waals surface area (Å²) in [6.07, 6.45) is 1.46. The Hall–Kier alpha value is -3.40. The minimum Gasteiger partial charge on any atom is -0.493 e. The molecule has 0 bridgehead atoms. The third-order valence-electron chi connectivity index (χ3n) is 5.01. The van der Waals surface area contributed by atoms with Gasteiger partial charge in [-0.05, 0) is 25.5 Å². The van der Waals surface area contributed by atoms with Crippen LogP contribution in [0.4, 0.5) is 0 Å². The number of aromatic nitrogens is 4. The van der Waals surface area contributed by atoms with Gasteiger partial charge in [0.15, 0.2) is 17.1 Å². The molecule has 1 N–H and O–H groups in total. The van der Waals surface area contributed by atoms with Crippen molar-refractivity contribution in [3.63, 3.8) is 0 Å². The first-order chi connectivity index (χ1) is 14.4. The number of aryl methyl sites for hydroxylation is 2. The maximum atomic E-state index is 12.7. The standard InChI is InChI=1S/C20H21N5O4S/c1-11-12(2)30-19-16(11)18-23-25(20(27)24(18)10-22-19)9-15(26)21-8-13-6-5-7-14(28-3)17(13)29-4/h5-7,10H,8-9H2,1-4H3,(H,21,26). The summed E-state index contributed by atoms with van der Waals surface area (Å²) in [6.45, 7) is 4.02. The van der Waals surface area contributed by atoms with Crippen LogP contribution in [-0.2, 0) is 17.9 Å². The van der Waals surface area contributed by atoms with E-state index in [0.717, 1.165) is 30.9 Å². The molecular formula is C20H21N5O4S. The van der Waals surface area contributed by atoms with E-state index < -0.39 is 5.69 Å². The Balaban J connectivity index is 1.58. The summed E-state index contributed by atoms with van der Waals surface area (Å²) in [5.41, 5.74) is 1.91. The number of ether oxygens (including phenoxy) is 2. The SMILES string of the molecule is COc1cccc(CNC(=O)Cn2nc3c4c(C)c(C)sc4ncn3c2=O)c1OC. The van der Waals surface area contributed by atoms with Gasteiger partial charge in [0.05, 0.1) is 19.6 Å². The van der Waals surface area contributed by atoms with E-state index in [1.165, 1.54) is 10.7 Å².